The van der Waals surface area contributed by atoms with Gasteiger partial charge in [-0.1, -0.05) is 0 Å². The number of amides is 1. The molecule has 0 spiro atoms. The van der Waals surface area contributed by atoms with E-state index in [9.17, 15) is 4.79 Å². The molecule has 1 amide bonds. The molecular formula is C14H24Cl2N4OS. The van der Waals surface area contributed by atoms with Gasteiger partial charge >= 0.3 is 0 Å². The molecule has 2 N–H and O–H groups in total. The van der Waals surface area contributed by atoms with E-state index in [-0.39, 0.29) is 30.7 Å². The summed E-state index contributed by atoms with van der Waals surface area (Å²) in [5, 5.41) is 7.11. The van der Waals surface area contributed by atoms with Crippen LogP contribution in [0.2, 0.25) is 0 Å². The van der Waals surface area contributed by atoms with Crippen molar-refractivity contribution in [2.75, 3.05) is 38.0 Å². The number of fused-ring (bicyclic) bond motifs is 1. The lowest BCUT2D eigenvalue weighted by atomic mass is 10.0. The van der Waals surface area contributed by atoms with Gasteiger partial charge < -0.3 is 10.6 Å². The summed E-state index contributed by atoms with van der Waals surface area (Å²) in [5.74, 6) is 0.0676. The summed E-state index contributed by atoms with van der Waals surface area (Å²) in [6, 6.07) is 0. The molecule has 2 heterocycles. The summed E-state index contributed by atoms with van der Waals surface area (Å²) >= 11 is 1.66. The summed E-state index contributed by atoms with van der Waals surface area (Å²) < 4.78 is 0. The molecule has 0 radical (unpaired) electrons. The molecule has 0 saturated carbocycles. The lowest BCUT2D eigenvalue weighted by Gasteiger charge is -2.17. The number of rotatable bonds is 3. The minimum atomic E-state index is 0. The van der Waals surface area contributed by atoms with Gasteiger partial charge in [0.1, 0.15) is 0 Å². The van der Waals surface area contributed by atoms with Crippen molar-refractivity contribution in [2.24, 2.45) is 0 Å². The van der Waals surface area contributed by atoms with Gasteiger partial charge in [0, 0.05) is 18.0 Å². The third-order valence-electron chi connectivity index (χ3n) is 3.89. The van der Waals surface area contributed by atoms with Crippen LogP contribution in [-0.2, 0) is 17.6 Å². The average Bonchev–Trinajstić information content (AvgIpc) is 2.66. The van der Waals surface area contributed by atoms with Gasteiger partial charge in [-0.2, -0.15) is 0 Å². The van der Waals surface area contributed by atoms with Crippen molar-refractivity contribution in [3.63, 3.8) is 0 Å². The molecular weight excluding hydrogens is 343 g/mol. The van der Waals surface area contributed by atoms with E-state index in [1.807, 2.05) is 0 Å². The Kier molecular flexibility index (Phi) is 8.64. The topological polar surface area (TPSA) is 57.3 Å². The van der Waals surface area contributed by atoms with Crippen LogP contribution in [0.25, 0.3) is 0 Å². The highest BCUT2D eigenvalue weighted by Crippen LogP contribution is 2.29. The van der Waals surface area contributed by atoms with E-state index in [0.29, 0.717) is 6.54 Å². The number of anilines is 1. The number of nitrogens with zero attached hydrogens (tertiary/aromatic N) is 2. The number of carbonyl (C=O) groups is 1. The molecule has 5 nitrogen and oxygen atoms in total. The van der Waals surface area contributed by atoms with Gasteiger partial charge in [0.25, 0.3) is 0 Å². The predicted octanol–water partition coefficient (Wildman–Crippen LogP) is 2.10. The van der Waals surface area contributed by atoms with Gasteiger partial charge in [-0.15, -0.1) is 36.2 Å². The first-order valence-corrected chi connectivity index (χ1v) is 8.34. The zero-order chi connectivity index (χ0) is 13.8. The Balaban J connectivity index is 0.00000121. The summed E-state index contributed by atoms with van der Waals surface area (Å²) in [5.41, 5.74) is 1.20. The third-order valence-corrected chi connectivity index (χ3v) is 4.96. The smallest absolute Gasteiger partial charge is 0.240 e. The molecule has 8 heteroatoms. The summed E-state index contributed by atoms with van der Waals surface area (Å²) in [4.78, 5) is 20.2. The van der Waals surface area contributed by atoms with Crippen LogP contribution in [0.5, 0.6) is 0 Å². The summed E-state index contributed by atoms with van der Waals surface area (Å²) in [6.07, 6.45) is 5.78. The van der Waals surface area contributed by atoms with E-state index in [0.717, 1.165) is 50.6 Å². The van der Waals surface area contributed by atoms with Crippen molar-refractivity contribution in [2.45, 2.75) is 32.1 Å². The van der Waals surface area contributed by atoms with E-state index in [2.05, 4.69) is 20.5 Å². The molecule has 1 fully saturated rings. The fourth-order valence-electron chi connectivity index (χ4n) is 2.83. The van der Waals surface area contributed by atoms with Crippen molar-refractivity contribution >= 4 is 47.2 Å². The van der Waals surface area contributed by atoms with Gasteiger partial charge in [-0.05, 0) is 45.2 Å². The summed E-state index contributed by atoms with van der Waals surface area (Å²) in [6.45, 7) is 4.44. The van der Waals surface area contributed by atoms with Gasteiger partial charge in [0.2, 0.25) is 5.91 Å². The number of halogens is 2. The highest BCUT2D eigenvalue weighted by atomic mass is 35.5. The van der Waals surface area contributed by atoms with Crippen LogP contribution < -0.4 is 10.6 Å². The monoisotopic (exact) mass is 366 g/mol. The Morgan fingerprint density at radius 3 is 2.82 bits per heavy atom. The van der Waals surface area contributed by atoms with Crippen LogP contribution in [0.4, 0.5) is 5.13 Å². The quantitative estimate of drug-likeness (QED) is 0.859. The van der Waals surface area contributed by atoms with Crippen molar-refractivity contribution in [3.05, 3.63) is 10.6 Å². The number of thiazole rings is 1. The third kappa shape index (κ3) is 5.35. The van der Waals surface area contributed by atoms with Gasteiger partial charge in [0.15, 0.2) is 5.13 Å². The van der Waals surface area contributed by atoms with E-state index in [1.165, 1.54) is 23.4 Å². The number of nitrogens with one attached hydrogen (secondary N) is 2. The molecule has 1 aromatic heterocycles. The molecule has 2 aliphatic rings. The predicted molar refractivity (Wildman–Crippen MR) is 95.8 cm³/mol. The Labute approximate surface area is 148 Å². The fraction of sp³-hybridized carbons (Fsp3) is 0.714. The Morgan fingerprint density at radius 1 is 1.18 bits per heavy atom. The molecule has 0 aromatic carbocycles. The first kappa shape index (κ1) is 19.6. The van der Waals surface area contributed by atoms with Crippen LogP contribution in [0.15, 0.2) is 0 Å². The normalized spacial score (nSPS) is 18.4. The molecule has 1 saturated heterocycles. The molecule has 1 aliphatic carbocycles. The first-order chi connectivity index (χ1) is 9.81. The van der Waals surface area contributed by atoms with Crippen LogP contribution in [0.3, 0.4) is 0 Å². The molecule has 0 bridgehead atoms. The second kappa shape index (κ2) is 9.67. The number of carbonyl (C=O) groups excluding carboxylic acids is 1. The van der Waals surface area contributed by atoms with Gasteiger partial charge in [0.05, 0.1) is 12.2 Å². The van der Waals surface area contributed by atoms with Crippen molar-refractivity contribution < 1.29 is 4.79 Å². The summed E-state index contributed by atoms with van der Waals surface area (Å²) in [7, 11) is 0. The van der Waals surface area contributed by atoms with E-state index in [4.69, 9.17) is 0 Å². The highest BCUT2D eigenvalue weighted by molar-refractivity contribution is 7.15. The van der Waals surface area contributed by atoms with Crippen LogP contribution in [-0.4, -0.2) is 48.5 Å². The molecule has 0 unspecified atom stereocenters. The fourth-order valence-corrected chi connectivity index (χ4v) is 3.89. The largest absolute Gasteiger partial charge is 0.315 e. The number of hydrogen-bond donors (Lipinski definition) is 2. The lowest BCUT2D eigenvalue weighted by Crippen LogP contribution is -2.35. The minimum absolute atomic E-state index is 0. The zero-order valence-corrected chi connectivity index (χ0v) is 15.0. The molecule has 3 rings (SSSR count). The zero-order valence-electron chi connectivity index (χ0n) is 12.6. The first-order valence-electron chi connectivity index (χ1n) is 7.53. The Hall–Kier alpha value is -0.400. The van der Waals surface area contributed by atoms with Crippen molar-refractivity contribution in [3.8, 4) is 0 Å². The SMILES string of the molecule is Cl.Cl.O=C(CN1CCCNCC1)Nc1nc2c(s1)CCCC2. The Morgan fingerprint density at radius 2 is 2.00 bits per heavy atom. The van der Waals surface area contributed by atoms with E-state index < -0.39 is 0 Å². The Bertz CT molecular complexity index is 452. The van der Waals surface area contributed by atoms with Gasteiger partial charge in [-0.3, -0.25) is 9.69 Å². The molecule has 1 aliphatic heterocycles. The molecule has 0 atom stereocenters. The standard InChI is InChI=1S/C14H22N4OS.2ClH/c19-13(10-18-8-3-6-15-7-9-18)17-14-16-11-4-1-2-5-12(11)20-14;;/h15H,1-10H2,(H,16,17,19);2*1H. The van der Waals surface area contributed by atoms with Crippen molar-refractivity contribution in [1.82, 2.24) is 15.2 Å². The maximum Gasteiger partial charge on any atom is 0.240 e. The number of aryl methyl sites for hydroxylation is 2. The second-order valence-corrected chi connectivity index (χ2v) is 6.61. The maximum atomic E-state index is 12.1. The van der Waals surface area contributed by atoms with Crippen LogP contribution >= 0.6 is 36.2 Å². The maximum absolute atomic E-state index is 12.1. The molecule has 126 valence electrons. The number of aromatic nitrogens is 1. The molecule has 22 heavy (non-hydrogen) atoms. The lowest BCUT2D eigenvalue weighted by molar-refractivity contribution is -0.117. The van der Waals surface area contributed by atoms with Crippen molar-refractivity contribution in [1.29, 1.82) is 0 Å². The minimum Gasteiger partial charge on any atom is -0.315 e. The van der Waals surface area contributed by atoms with Gasteiger partial charge in [-0.25, -0.2) is 4.98 Å². The average molecular weight is 367 g/mol. The van der Waals surface area contributed by atoms with E-state index in [1.54, 1.807) is 11.3 Å². The van der Waals surface area contributed by atoms with Crippen LogP contribution in [0, 0.1) is 0 Å². The van der Waals surface area contributed by atoms with Crippen LogP contribution in [0.1, 0.15) is 29.8 Å². The number of hydrogen-bond acceptors (Lipinski definition) is 5. The molecule has 1 aromatic rings. The van der Waals surface area contributed by atoms with E-state index >= 15 is 0 Å². The second-order valence-electron chi connectivity index (χ2n) is 5.52. The highest BCUT2D eigenvalue weighted by Gasteiger charge is 2.17.